The first-order chi connectivity index (χ1) is 11.4. The van der Waals surface area contributed by atoms with Crippen molar-refractivity contribution in [2.45, 2.75) is 25.5 Å². The van der Waals surface area contributed by atoms with E-state index in [1.165, 1.54) is 21.3 Å². The maximum absolute atomic E-state index is 12.5. The van der Waals surface area contributed by atoms with E-state index >= 15 is 0 Å². The average molecular weight is 337 g/mol. The van der Waals surface area contributed by atoms with Gasteiger partial charge in [-0.2, -0.15) is 0 Å². The van der Waals surface area contributed by atoms with Crippen LogP contribution in [-0.4, -0.2) is 45.2 Å². The normalized spacial score (nSPS) is 14.2. The molecule has 7 nitrogen and oxygen atoms in total. The Kier molecular flexibility index (Phi) is 7.91. The fourth-order valence-electron chi connectivity index (χ4n) is 2.28. The van der Waals surface area contributed by atoms with Gasteiger partial charge in [-0.1, -0.05) is 37.3 Å². The van der Waals surface area contributed by atoms with Gasteiger partial charge < -0.3 is 19.5 Å². The summed E-state index contributed by atoms with van der Waals surface area (Å²) in [5.74, 6) is -2.17. The molecule has 1 amide bonds. The van der Waals surface area contributed by atoms with Crippen molar-refractivity contribution in [3.05, 3.63) is 35.9 Å². The number of nitrogens with one attached hydrogen (secondary N) is 1. The number of benzene rings is 1. The molecule has 0 unspecified atom stereocenters. The molecule has 0 aliphatic heterocycles. The fourth-order valence-corrected chi connectivity index (χ4v) is 2.28. The van der Waals surface area contributed by atoms with Gasteiger partial charge in [0.2, 0.25) is 0 Å². The summed E-state index contributed by atoms with van der Waals surface area (Å²) in [6.07, 6.45) is -0.803. The molecule has 0 heterocycles. The van der Waals surface area contributed by atoms with Crippen LogP contribution in [0.3, 0.4) is 0 Å². The van der Waals surface area contributed by atoms with E-state index < -0.39 is 35.9 Å². The second kappa shape index (κ2) is 9.67. The third-order valence-corrected chi connectivity index (χ3v) is 3.57. The van der Waals surface area contributed by atoms with Crippen LogP contribution in [0, 0.1) is 5.92 Å². The lowest BCUT2D eigenvalue weighted by atomic mass is 10.0. The zero-order valence-corrected chi connectivity index (χ0v) is 14.3. The Bertz CT molecular complexity index is 559. The molecule has 1 N–H and O–H groups in total. The predicted molar refractivity (Wildman–Crippen MR) is 85.9 cm³/mol. The summed E-state index contributed by atoms with van der Waals surface area (Å²) in [6.45, 7) is 1.61. The lowest BCUT2D eigenvalue weighted by molar-refractivity contribution is -0.150. The van der Waals surface area contributed by atoms with Gasteiger partial charge in [-0.3, -0.25) is 9.59 Å². The maximum atomic E-state index is 12.5. The molecule has 0 saturated carbocycles. The predicted octanol–water partition coefficient (Wildman–Crippen LogP) is 1.23. The van der Waals surface area contributed by atoms with Crippen molar-refractivity contribution in [2.75, 3.05) is 21.3 Å². The third kappa shape index (κ3) is 5.34. The molecule has 132 valence electrons. The van der Waals surface area contributed by atoms with Gasteiger partial charge in [-0.15, -0.1) is 0 Å². The first-order valence-electron chi connectivity index (χ1n) is 7.48. The SMILES string of the molecule is COC(=O)[C@@H](C)C[C@@H](NC(=O)[C@@H](OC)c1ccccc1)C(=O)OC. The Morgan fingerprint density at radius 3 is 2.08 bits per heavy atom. The van der Waals surface area contributed by atoms with Gasteiger partial charge in [0.05, 0.1) is 20.1 Å². The minimum Gasteiger partial charge on any atom is -0.469 e. The van der Waals surface area contributed by atoms with E-state index in [2.05, 4.69) is 10.1 Å². The second-order valence-corrected chi connectivity index (χ2v) is 5.27. The van der Waals surface area contributed by atoms with Crippen LogP contribution in [0.5, 0.6) is 0 Å². The molecular weight excluding hydrogens is 314 g/mol. The first kappa shape index (κ1) is 19.6. The standard InChI is InChI=1S/C17H23NO6/c1-11(16(20)23-3)10-13(17(21)24-4)18-15(19)14(22-2)12-8-6-5-7-9-12/h5-9,11,13-14H,10H2,1-4H3,(H,18,19)/t11-,13+,14-/m0/s1. The summed E-state index contributed by atoms with van der Waals surface area (Å²) in [5.41, 5.74) is 0.655. The Balaban J connectivity index is 2.86. The number of methoxy groups -OCH3 is 3. The number of carbonyl (C=O) groups excluding carboxylic acids is 3. The van der Waals surface area contributed by atoms with E-state index in [-0.39, 0.29) is 6.42 Å². The Hall–Kier alpha value is -2.41. The van der Waals surface area contributed by atoms with Crippen molar-refractivity contribution in [1.82, 2.24) is 5.32 Å². The quantitative estimate of drug-likeness (QED) is 0.718. The smallest absolute Gasteiger partial charge is 0.328 e. The minimum absolute atomic E-state index is 0.0658. The molecule has 0 spiro atoms. The number of carbonyl (C=O) groups is 3. The molecule has 7 heteroatoms. The van der Waals surface area contributed by atoms with E-state index in [0.29, 0.717) is 5.56 Å². The van der Waals surface area contributed by atoms with Crippen molar-refractivity contribution in [3.63, 3.8) is 0 Å². The van der Waals surface area contributed by atoms with Crippen LogP contribution in [0.4, 0.5) is 0 Å². The van der Waals surface area contributed by atoms with Gasteiger partial charge in [0.25, 0.3) is 5.91 Å². The van der Waals surface area contributed by atoms with Crippen LogP contribution in [0.25, 0.3) is 0 Å². The van der Waals surface area contributed by atoms with Crippen molar-refractivity contribution >= 4 is 17.8 Å². The zero-order valence-electron chi connectivity index (χ0n) is 14.3. The molecule has 0 aromatic heterocycles. The van der Waals surface area contributed by atoms with Crippen LogP contribution < -0.4 is 5.32 Å². The number of ether oxygens (including phenoxy) is 3. The largest absolute Gasteiger partial charge is 0.469 e. The van der Waals surface area contributed by atoms with Crippen molar-refractivity contribution in [3.8, 4) is 0 Å². The number of esters is 2. The topological polar surface area (TPSA) is 90.9 Å². The highest BCUT2D eigenvalue weighted by Gasteiger charge is 2.30. The Morgan fingerprint density at radius 2 is 1.58 bits per heavy atom. The molecule has 1 aromatic carbocycles. The second-order valence-electron chi connectivity index (χ2n) is 5.27. The van der Waals surface area contributed by atoms with Gasteiger partial charge in [-0.05, 0) is 12.0 Å². The summed E-state index contributed by atoms with van der Waals surface area (Å²) in [7, 11) is 3.89. The van der Waals surface area contributed by atoms with Crippen LogP contribution in [0.1, 0.15) is 25.0 Å². The number of hydrogen-bond donors (Lipinski definition) is 1. The average Bonchev–Trinajstić information content (AvgIpc) is 2.61. The van der Waals surface area contributed by atoms with E-state index in [4.69, 9.17) is 9.47 Å². The van der Waals surface area contributed by atoms with Crippen molar-refractivity contribution in [2.24, 2.45) is 5.92 Å². The number of hydrogen-bond acceptors (Lipinski definition) is 6. The summed E-state index contributed by atoms with van der Waals surface area (Å²) < 4.78 is 14.6. The molecule has 24 heavy (non-hydrogen) atoms. The van der Waals surface area contributed by atoms with Crippen LogP contribution in [0.15, 0.2) is 30.3 Å². The van der Waals surface area contributed by atoms with Crippen LogP contribution in [-0.2, 0) is 28.6 Å². The van der Waals surface area contributed by atoms with Gasteiger partial charge in [0.1, 0.15) is 6.04 Å². The summed E-state index contributed by atoms with van der Waals surface area (Å²) >= 11 is 0. The number of rotatable bonds is 8. The lowest BCUT2D eigenvalue weighted by Gasteiger charge is -2.22. The maximum Gasteiger partial charge on any atom is 0.328 e. The van der Waals surface area contributed by atoms with Gasteiger partial charge in [0.15, 0.2) is 6.10 Å². The molecular formula is C17H23NO6. The zero-order chi connectivity index (χ0) is 18.1. The monoisotopic (exact) mass is 337 g/mol. The molecule has 0 fully saturated rings. The van der Waals surface area contributed by atoms with E-state index in [9.17, 15) is 14.4 Å². The van der Waals surface area contributed by atoms with Gasteiger partial charge >= 0.3 is 11.9 Å². The molecule has 0 bridgehead atoms. The fraction of sp³-hybridized carbons (Fsp3) is 0.471. The van der Waals surface area contributed by atoms with E-state index in [1.807, 2.05) is 6.07 Å². The molecule has 3 atom stereocenters. The minimum atomic E-state index is -0.974. The van der Waals surface area contributed by atoms with E-state index in [0.717, 1.165) is 0 Å². The molecule has 0 saturated heterocycles. The lowest BCUT2D eigenvalue weighted by Crippen LogP contribution is -2.45. The first-order valence-corrected chi connectivity index (χ1v) is 7.48. The molecule has 1 rings (SSSR count). The summed E-state index contributed by atoms with van der Waals surface area (Å²) in [5, 5.41) is 2.58. The van der Waals surface area contributed by atoms with Gasteiger partial charge in [-0.25, -0.2) is 4.79 Å². The van der Waals surface area contributed by atoms with Crippen molar-refractivity contribution < 1.29 is 28.6 Å². The molecule has 0 aliphatic rings. The Labute approximate surface area is 141 Å². The van der Waals surface area contributed by atoms with Crippen molar-refractivity contribution in [1.29, 1.82) is 0 Å². The molecule has 0 radical (unpaired) electrons. The molecule has 1 aromatic rings. The highest BCUT2D eigenvalue weighted by atomic mass is 16.5. The molecule has 0 aliphatic carbocycles. The summed E-state index contributed by atoms with van der Waals surface area (Å²) in [4.78, 5) is 35.9. The highest BCUT2D eigenvalue weighted by Crippen LogP contribution is 2.17. The Morgan fingerprint density at radius 1 is 1.00 bits per heavy atom. The highest BCUT2D eigenvalue weighted by molar-refractivity contribution is 5.88. The third-order valence-electron chi connectivity index (χ3n) is 3.57. The van der Waals surface area contributed by atoms with Crippen LogP contribution >= 0.6 is 0 Å². The van der Waals surface area contributed by atoms with Gasteiger partial charge in [0, 0.05) is 7.11 Å². The summed E-state index contributed by atoms with van der Waals surface area (Å²) in [6, 6.07) is 7.91. The van der Waals surface area contributed by atoms with Crippen LogP contribution in [0.2, 0.25) is 0 Å². The van der Waals surface area contributed by atoms with E-state index in [1.54, 1.807) is 31.2 Å². The number of amides is 1.